The summed E-state index contributed by atoms with van der Waals surface area (Å²) in [5.41, 5.74) is -4.54. The van der Waals surface area contributed by atoms with E-state index in [4.69, 9.17) is 4.74 Å². The normalized spacial score (nSPS) is 19.7. The molecule has 0 radical (unpaired) electrons. The highest BCUT2D eigenvalue weighted by Crippen LogP contribution is 2.41. The number of ether oxygens (including phenoxy) is 1. The lowest BCUT2D eigenvalue weighted by Gasteiger charge is -2.23. The highest BCUT2D eigenvalue weighted by Gasteiger charge is 2.43. The molecule has 2 atom stereocenters. The first-order valence-corrected chi connectivity index (χ1v) is 10.2. The Balaban J connectivity index is 1.96. The number of halogens is 10. The largest absolute Gasteiger partial charge is 0.439 e. The van der Waals surface area contributed by atoms with Crippen molar-refractivity contribution in [3.05, 3.63) is 67.8 Å². The Morgan fingerprint density at radius 2 is 1.36 bits per heavy atom. The smallest absolute Gasteiger partial charge is 0.416 e. The molecular weight excluding hydrogens is 584 g/mol. The third-order valence-electron chi connectivity index (χ3n) is 5.04. The molecule has 1 amide bonds. The number of cyclic esters (lactones) is 1. The zero-order chi connectivity index (χ0) is 24.9. The van der Waals surface area contributed by atoms with Gasteiger partial charge in [-0.2, -0.15) is 39.5 Å². The molecule has 0 aromatic heterocycles. The van der Waals surface area contributed by atoms with E-state index < -0.39 is 59.0 Å². The summed E-state index contributed by atoms with van der Waals surface area (Å²) in [6.45, 7) is 0.938. The Bertz CT molecular complexity index is 1030. The van der Waals surface area contributed by atoms with E-state index in [1.54, 1.807) is 22.6 Å². The average Bonchev–Trinajstić information content (AvgIpc) is 2.95. The third-order valence-corrected chi connectivity index (χ3v) is 6.10. The zero-order valence-corrected chi connectivity index (χ0v) is 18.5. The van der Waals surface area contributed by atoms with Gasteiger partial charge in [-0.1, -0.05) is 0 Å². The molecule has 1 aliphatic rings. The van der Waals surface area contributed by atoms with Crippen molar-refractivity contribution in [2.75, 3.05) is 0 Å². The summed E-state index contributed by atoms with van der Waals surface area (Å²) in [5.74, 6) is 0. The minimum Gasteiger partial charge on any atom is -0.439 e. The number of nitrogens with zero attached hydrogens (tertiary/aromatic N) is 1. The van der Waals surface area contributed by atoms with E-state index in [2.05, 4.69) is 0 Å². The SMILES string of the molecule is C[C@@H]1C(c2cc(C(F)(F)F)cc(C(F)(F)F)c2)OC(=O)N1Cc1cc(C(F)(F)F)ccc1I. The number of carbonyl (C=O) groups is 1. The Labute approximate surface area is 194 Å². The molecule has 3 rings (SSSR count). The molecule has 2 aromatic rings. The van der Waals surface area contributed by atoms with Crippen LogP contribution in [0.2, 0.25) is 0 Å². The van der Waals surface area contributed by atoms with Crippen molar-refractivity contribution in [3.8, 4) is 0 Å². The van der Waals surface area contributed by atoms with Crippen molar-refractivity contribution in [2.45, 2.75) is 44.1 Å². The summed E-state index contributed by atoms with van der Waals surface area (Å²) < 4.78 is 123. The Kier molecular flexibility index (Phi) is 6.59. The van der Waals surface area contributed by atoms with Crippen molar-refractivity contribution in [2.24, 2.45) is 0 Å². The van der Waals surface area contributed by atoms with E-state index in [0.29, 0.717) is 15.7 Å². The number of benzene rings is 2. The first-order valence-electron chi connectivity index (χ1n) is 9.10. The van der Waals surface area contributed by atoms with Gasteiger partial charge in [0.1, 0.15) is 6.10 Å². The molecule has 0 bridgehead atoms. The number of amides is 1. The predicted octanol–water partition coefficient (Wildman–Crippen LogP) is 7.43. The molecule has 1 fully saturated rings. The predicted molar refractivity (Wildman–Crippen MR) is 105 cm³/mol. The van der Waals surface area contributed by atoms with E-state index in [-0.39, 0.29) is 18.2 Å². The second-order valence-electron chi connectivity index (χ2n) is 7.32. The van der Waals surface area contributed by atoms with Crippen LogP contribution in [-0.4, -0.2) is 17.0 Å². The number of hydrogen-bond donors (Lipinski definition) is 0. The molecule has 1 unspecified atom stereocenters. The maximum atomic E-state index is 13.2. The van der Waals surface area contributed by atoms with Crippen molar-refractivity contribution in [1.82, 2.24) is 4.90 Å². The van der Waals surface area contributed by atoms with Crippen LogP contribution in [0, 0.1) is 3.57 Å². The van der Waals surface area contributed by atoms with Crippen molar-refractivity contribution < 1.29 is 49.0 Å². The van der Waals surface area contributed by atoms with Gasteiger partial charge in [0.25, 0.3) is 0 Å². The van der Waals surface area contributed by atoms with Gasteiger partial charge in [-0.3, -0.25) is 4.90 Å². The fraction of sp³-hybridized carbons (Fsp3) is 0.350. The minimum atomic E-state index is -5.09. The molecule has 0 spiro atoms. The number of alkyl halides is 9. The van der Waals surface area contributed by atoms with Crippen LogP contribution < -0.4 is 0 Å². The average molecular weight is 597 g/mol. The van der Waals surface area contributed by atoms with Gasteiger partial charge in [0, 0.05) is 3.57 Å². The summed E-state index contributed by atoms with van der Waals surface area (Å²) in [7, 11) is 0. The molecule has 2 aromatic carbocycles. The van der Waals surface area contributed by atoms with Crippen LogP contribution in [0.5, 0.6) is 0 Å². The van der Waals surface area contributed by atoms with E-state index in [0.717, 1.165) is 17.0 Å². The summed E-state index contributed by atoms with van der Waals surface area (Å²) in [5, 5.41) is 0. The Morgan fingerprint density at radius 1 is 0.848 bits per heavy atom. The molecule has 0 aliphatic carbocycles. The molecule has 0 saturated carbocycles. The first kappa shape index (κ1) is 25.4. The van der Waals surface area contributed by atoms with Gasteiger partial charge in [0.05, 0.1) is 29.3 Å². The molecular formula is C20H13F9INO2. The quantitative estimate of drug-likeness (QED) is 0.272. The van der Waals surface area contributed by atoms with Gasteiger partial charge in [-0.15, -0.1) is 0 Å². The zero-order valence-electron chi connectivity index (χ0n) is 16.4. The maximum Gasteiger partial charge on any atom is 0.416 e. The fourth-order valence-electron chi connectivity index (χ4n) is 3.36. The van der Waals surface area contributed by atoms with Crippen molar-refractivity contribution >= 4 is 28.7 Å². The van der Waals surface area contributed by atoms with Gasteiger partial charge in [-0.25, -0.2) is 4.79 Å². The van der Waals surface area contributed by atoms with Crippen LogP contribution in [0.25, 0.3) is 0 Å². The lowest BCUT2D eigenvalue weighted by molar-refractivity contribution is -0.143. The van der Waals surface area contributed by atoms with Crippen LogP contribution >= 0.6 is 22.6 Å². The number of carbonyl (C=O) groups excluding carboxylic acids is 1. The van der Waals surface area contributed by atoms with E-state index in [9.17, 15) is 44.3 Å². The topological polar surface area (TPSA) is 29.5 Å². The van der Waals surface area contributed by atoms with Crippen molar-refractivity contribution in [3.63, 3.8) is 0 Å². The summed E-state index contributed by atoms with van der Waals surface area (Å²) in [4.78, 5) is 13.3. The van der Waals surface area contributed by atoms with E-state index in [1.807, 2.05) is 0 Å². The second kappa shape index (κ2) is 8.55. The molecule has 1 heterocycles. The van der Waals surface area contributed by atoms with Crippen LogP contribution in [0.3, 0.4) is 0 Å². The molecule has 1 aliphatic heterocycles. The van der Waals surface area contributed by atoms with Gasteiger partial charge >= 0.3 is 24.6 Å². The lowest BCUT2D eigenvalue weighted by atomic mass is 9.97. The first-order chi connectivity index (χ1) is 15.0. The maximum absolute atomic E-state index is 13.2. The number of rotatable bonds is 3. The molecule has 1 saturated heterocycles. The van der Waals surface area contributed by atoms with Gasteiger partial charge in [0.15, 0.2) is 0 Å². The highest BCUT2D eigenvalue weighted by molar-refractivity contribution is 14.1. The Hall–Kier alpha value is -2.19. The molecule has 3 nitrogen and oxygen atoms in total. The summed E-state index contributed by atoms with van der Waals surface area (Å²) >= 11 is 1.75. The minimum absolute atomic E-state index is 0.0479. The number of hydrogen-bond acceptors (Lipinski definition) is 2. The van der Waals surface area contributed by atoms with E-state index in [1.165, 1.54) is 13.0 Å². The van der Waals surface area contributed by atoms with Gasteiger partial charge in [0.2, 0.25) is 0 Å². The standard InChI is InChI=1S/C20H13F9INO2/c1-9-16(10-4-13(19(24,25)26)7-14(5-10)20(27,28)29)33-17(32)31(9)8-11-6-12(18(21,22)23)2-3-15(11)30/h2-7,9,16H,8H2,1H3/t9-,16?/m1/s1. The summed E-state index contributed by atoms with van der Waals surface area (Å²) in [6.07, 6.45) is -17.4. The van der Waals surface area contributed by atoms with Crippen LogP contribution in [0.15, 0.2) is 36.4 Å². The second-order valence-corrected chi connectivity index (χ2v) is 8.48. The van der Waals surface area contributed by atoms with Crippen LogP contribution in [0.4, 0.5) is 44.3 Å². The molecule has 13 heteroatoms. The summed E-state index contributed by atoms with van der Waals surface area (Å²) in [6, 6.07) is 2.66. The Morgan fingerprint density at radius 3 is 1.85 bits per heavy atom. The van der Waals surface area contributed by atoms with E-state index >= 15 is 0 Å². The van der Waals surface area contributed by atoms with Gasteiger partial charge < -0.3 is 4.74 Å². The highest BCUT2D eigenvalue weighted by atomic mass is 127. The monoisotopic (exact) mass is 597 g/mol. The molecule has 0 N–H and O–H groups in total. The van der Waals surface area contributed by atoms with Crippen LogP contribution in [0.1, 0.15) is 40.8 Å². The fourth-order valence-corrected chi connectivity index (χ4v) is 3.86. The molecule has 33 heavy (non-hydrogen) atoms. The van der Waals surface area contributed by atoms with Crippen LogP contribution in [-0.2, 0) is 29.8 Å². The third kappa shape index (κ3) is 5.49. The van der Waals surface area contributed by atoms with Gasteiger partial charge in [-0.05, 0) is 77.0 Å². The lowest BCUT2D eigenvalue weighted by Crippen LogP contribution is -2.32. The molecule has 180 valence electrons. The van der Waals surface area contributed by atoms with Crippen molar-refractivity contribution in [1.29, 1.82) is 0 Å².